The standard InChI is InChI=1S/C29H21Cl3F4N2O3/c1-41-27(32)16-20(28(33,29(34,35)36)19-10-12-21(30)13-11-19)15-23(31)24(27)38-26(40)18-8-5-9-22(14-18)37-25(39)17-6-3-2-4-7-17/h2-16,24H,1H3,(H,37,39)(H,38,40). The van der Waals surface area contributed by atoms with Crippen molar-refractivity contribution in [3.8, 4) is 0 Å². The highest BCUT2D eigenvalue weighted by molar-refractivity contribution is 6.33. The fourth-order valence-electron chi connectivity index (χ4n) is 4.22. The number of hydrogen-bond donors (Lipinski definition) is 2. The van der Waals surface area contributed by atoms with Crippen LogP contribution in [0.2, 0.25) is 5.02 Å². The smallest absolute Gasteiger partial charge is 0.357 e. The van der Waals surface area contributed by atoms with Gasteiger partial charge in [0.05, 0.1) is 0 Å². The molecule has 0 fully saturated rings. The van der Waals surface area contributed by atoms with Gasteiger partial charge in [0.15, 0.2) is 5.06 Å². The zero-order valence-corrected chi connectivity index (χ0v) is 23.4. The summed E-state index contributed by atoms with van der Waals surface area (Å²) in [4.78, 5) is 25.6. The van der Waals surface area contributed by atoms with E-state index in [1.807, 2.05) is 0 Å². The number of allylic oxidation sites excluding steroid dienone is 2. The van der Waals surface area contributed by atoms with Gasteiger partial charge in [0, 0.05) is 45.1 Å². The molecule has 0 aromatic heterocycles. The quantitative estimate of drug-likeness (QED) is 0.208. The van der Waals surface area contributed by atoms with Gasteiger partial charge in [-0.3, -0.25) is 9.59 Å². The molecule has 0 spiro atoms. The molecule has 1 aliphatic carbocycles. The van der Waals surface area contributed by atoms with Gasteiger partial charge in [-0.2, -0.15) is 13.2 Å². The predicted octanol–water partition coefficient (Wildman–Crippen LogP) is 7.76. The topological polar surface area (TPSA) is 67.4 Å². The number of halogens is 7. The molecular weight excluding hydrogens is 607 g/mol. The van der Waals surface area contributed by atoms with Crippen molar-refractivity contribution >= 4 is 52.3 Å². The highest BCUT2D eigenvalue weighted by Gasteiger charge is 2.61. The van der Waals surface area contributed by atoms with E-state index in [4.69, 9.17) is 39.5 Å². The van der Waals surface area contributed by atoms with Crippen LogP contribution in [0.3, 0.4) is 0 Å². The molecule has 41 heavy (non-hydrogen) atoms. The molecule has 12 heteroatoms. The number of anilines is 1. The summed E-state index contributed by atoms with van der Waals surface area (Å²) in [6, 6.07) is 16.9. The van der Waals surface area contributed by atoms with Gasteiger partial charge in [-0.25, -0.2) is 4.39 Å². The van der Waals surface area contributed by atoms with Crippen LogP contribution in [0.4, 0.5) is 23.2 Å². The summed E-state index contributed by atoms with van der Waals surface area (Å²) in [5.41, 5.74) is -4.95. The van der Waals surface area contributed by atoms with Crippen LogP contribution in [0.25, 0.3) is 0 Å². The summed E-state index contributed by atoms with van der Waals surface area (Å²) in [5.74, 6) is -1.14. The van der Waals surface area contributed by atoms with Crippen LogP contribution < -0.4 is 10.6 Å². The number of methoxy groups -OCH3 is 1. The van der Waals surface area contributed by atoms with Crippen LogP contribution in [0.5, 0.6) is 0 Å². The Morgan fingerprint density at radius 3 is 2.12 bits per heavy atom. The Kier molecular flexibility index (Phi) is 8.84. The average molecular weight is 628 g/mol. The molecule has 1 aliphatic rings. The molecule has 0 saturated heterocycles. The number of carbonyl (C=O) groups excluding carboxylic acids is 2. The third-order valence-electron chi connectivity index (χ3n) is 6.35. The molecule has 4 rings (SSSR count). The number of ether oxygens (including phenoxy) is 1. The van der Waals surface area contributed by atoms with Crippen molar-refractivity contribution in [2.24, 2.45) is 0 Å². The van der Waals surface area contributed by atoms with Crippen molar-refractivity contribution in [3.63, 3.8) is 0 Å². The lowest BCUT2D eigenvalue weighted by Gasteiger charge is -2.39. The van der Waals surface area contributed by atoms with Crippen LogP contribution in [-0.4, -0.2) is 36.2 Å². The van der Waals surface area contributed by atoms with Crippen LogP contribution in [-0.2, 0) is 10.4 Å². The summed E-state index contributed by atoms with van der Waals surface area (Å²) in [6.45, 7) is 0. The molecule has 214 valence electrons. The number of carbonyl (C=O) groups is 2. The molecule has 0 radical (unpaired) electrons. The zero-order chi connectivity index (χ0) is 30.0. The van der Waals surface area contributed by atoms with E-state index >= 15 is 4.39 Å². The normalized spacial score (nSPS) is 20.3. The van der Waals surface area contributed by atoms with Crippen LogP contribution in [0.15, 0.2) is 102 Å². The first-order valence-electron chi connectivity index (χ1n) is 11.9. The van der Waals surface area contributed by atoms with Gasteiger partial charge in [-0.1, -0.05) is 71.2 Å². The van der Waals surface area contributed by atoms with Gasteiger partial charge in [0.2, 0.25) is 0 Å². The number of alkyl halides is 5. The molecule has 2 amide bonds. The Labute approximate surface area is 247 Å². The minimum absolute atomic E-state index is 0.0709. The van der Waals surface area contributed by atoms with Crippen molar-refractivity contribution in [1.82, 2.24) is 5.32 Å². The van der Waals surface area contributed by atoms with Gasteiger partial charge in [0.1, 0.15) is 6.04 Å². The molecule has 0 aliphatic heterocycles. The van der Waals surface area contributed by atoms with Gasteiger partial charge in [-0.15, -0.1) is 0 Å². The fourth-order valence-corrected chi connectivity index (χ4v) is 5.02. The third kappa shape index (κ3) is 6.28. The Morgan fingerprint density at radius 1 is 0.878 bits per heavy atom. The molecule has 3 aromatic rings. The first kappa shape index (κ1) is 30.6. The average Bonchev–Trinajstić information content (AvgIpc) is 2.94. The third-order valence-corrected chi connectivity index (χ3v) is 7.41. The van der Waals surface area contributed by atoms with Gasteiger partial charge in [-0.05, 0) is 54.6 Å². The van der Waals surface area contributed by atoms with E-state index in [0.717, 1.165) is 43.5 Å². The fraction of sp³-hybridized carbons (Fsp3) is 0.172. The maximum Gasteiger partial charge on any atom is 0.431 e. The minimum Gasteiger partial charge on any atom is -0.357 e. The first-order chi connectivity index (χ1) is 19.3. The van der Waals surface area contributed by atoms with E-state index < -0.39 is 50.9 Å². The lowest BCUT2D eigenvalue weighted by Crippen LogP contribution is -2.53. The molecule has 5 nitrogen and oxygen atoms in total. The van der Waals surface area contributed by atoms with Gasteiger partial charge in [0.25, 0.3) is 17.5 Å². The van der Waals surface area contributed by atoms with E-state index in [-0.39, 0.29) is 10.6 Å². The highest BCUT2D eigenvalue weighted by atomic mass is 35.5. The summed E-state index contributed by atoms with van der Waals surface area (Å²) >= 11 is 18.7. The lowest BCUT2D eigenvalue weighted by molar-refractivity contribution is -0.220. The van der Waals surface area contributed by atoms with Gasteiger partial charge >= 0.3 is 6.18 Å². The highest BCUT2D eigenvalue weighted by Crippen LogP contribution is 2.52. The molecule has 3 unspecified atom stereocenters. The van der Waals surface area contributed by atoms with Crippen LogP contribution in [0, 0.1) is 0 Å². The number of hydrogen-bond acceptors (Lipinski definition) is 3. The summed E-state index contributed by atoms with van der Waals surface area (Å²) < 4.78 is 64.0. The van der Waals surface area contributed by atoms with Crippen LogP contribution in [0.1, 0.15) is 26.3 Å². The Morgan fingerprint density at radius 2 is 1.51 bits per heavy atom. The van der Waals surface area contributed by atoms with E-state index in [1.165, 1.54) is 18.2 Å². The number of amides is 2. The SMILES string of the molecule is COC1(Cl)C=C(C(F)(c2ccc(Cl)cc2)C(F)(F)F)C=C(Cl)C1NC(=O)c1cccc(NC(=O)c2ccccc2)c1. The molecule has 0 bridgehead atoms. The van der Waals surface area contributed by atoms with Crippen molar-refractivity contribution < 1.29 is 31.9 Å². The van der Waals surface area contributed by atoms with Gasteiger partial charge < -0.3 is 15.4 Å². The molecular formula is C29H21Cl3F4N2O3. The summed E-state index contributed by atoms with van der Waals surface area (Å²) in [7, 11) is 1.07. The summed E-state index contributed by atoms with van der Waals surface area (Å²) in [5, 5.41) is 2.69. The van der Waals surface area contributed by atoms with Crippen molar-refractivity contribution in [3.05, 3.63) is 123 Å². The van der Waals surface area contributed by atoms with Crippen molar-refractivity contribution in [1.29, 1.82) is 0 Å². The first-order valence-corrected chi connectivity index (χ1v) is 13.1. The molecule has 2 N–H and O–H groups in total. The number of rotatable bonds is 7. The zero-order valence-electron chi connectivity index (χ0n) is 21.1. The number of nitrogens with one attached hydrogen (secondary N) is 2. The molecule has 3 atom stereocenters. The Bertz CT molecular complexity index is 1510. The van der Waals surface area contributed by atoms with Crippen molar-refractivity contribution in [2.75, 3.05) is 12.4 Å². The van der Waals surface area contributed by atoms with Crippen LogP contribution >= 0.6 is 34.8 Å². The monoisotopic (exact) mass is 626 g/mol. The maximum atomic E-state index is 16.1. The predicted molar refractivity (Wildman–Crippen MR) is 150 cm³/mol. The Balaban J connectivity index is 1.61. The molecule has 0 saturated carbocycles. The second-order valence-electron chi connectivity index (χ2n) is 9.00. The molecule has 0 heterocycles. The van der Waals surface area contributed by atoms with E-state index in [9.17, 15) is 22.8 Å². The largest absolute Gasteiger partial charge is 0.431 e. The van der Waals surface area contributed by atoms with Crippen molar-refractivity contribution in [2.45, 2.75) is 22.9 Å². The lowest BCUT2D eigenvalue weighted by atomic mass is 9.82. The summed E-state index contributed by atoms with van der Waals surface area (Å²) in [6.07, 6.45) is -3.94. The molecule has 3 aromatic carbocycles. The minimum atomic E-state index is -5.42. The second kappa shape index (κ2) is 11.9. The van der Waals surface area contributed by atoms with E-state index in [0.29, 0.717) is 11.3 Å². The Hall–Kier alpha value is -3.37. The second-order valence-corrected chi connectivity index (χ2v) is 10.5. The van der Waals surface area contributed by atoms with E-state index in [1.54, 1.807) is 36.4 Å². The maximum absolute atomic E-state index is 16.1. The van der Waals surface area contributed by atoms with E-state index in [2.05, 4.69) is 10.6 Å². The number of benzene rings is 3.